The maximum atomic E-state index is 5.99. The molecule has 3 heteroatoms. The number of rotatable bonds is 0. The molecule has 0 radical (unpaired) electrons. The van der Waals surface area contributed by atoms with Crippen molar-refractivity contribution >= 4 is 11.0 Å². The van der Waals surface area contributed by atoms with E-state index in [4.69, 9.17) is 5.73 Å². The molecule has 0 fully saturated rings. The van der Waals surface area contributed by atoms with Crippen molar-refractivity contribution in [3.05, 3.63) is 35.7 Å². The van der Waals surface area contributed by atoms with Crippen LogP contribution < -0.4 is 5.73 Å². The highest BCUT2D eigenvalue weighted by Crippen LogP contribution is 2.32. The molecule has 3 rings (SSSR count). The second kappa shape index (κ2) is 2.75. The fraction of sp³-hybridized carbons (Fsp3) is 0.273. The standard InChI is InChI=1S/C11H11N3/c12-9-3-1-8-7(9)2-4-10-11(8)14-6-5-13-10/h2,4-6,9H,1,3,12H2. The van der Waals surface area contributed by atoms with E-state index < -0.39 is 0 Å². The molecule has 2 aromatic rings. The van der Waals surface area contributed by atoms with Gasteiger partial charge in [0.1, 0.15) is 0 Å². The largest absolute Gasteiger partial charge is 0.324 e. The fourth-order valence-corrected chi connectivity index (χ4v) is 2.17. The Hall–Kier alpha value is -1.48. The lowest BCUT2D eigenvalue weighted by molar-refractivity contribution is 0.713. The molecular formula is C11H11N3. The average Bonchev–Trinajstić information content (AvgIpc) is 2.61. The highest BCUT2D eigenvalue weighted by atomic mass is 14.8. The molecule has 1 aliphatic rings. The number of hydrogen-bond donors (Lipinski definition) is 1. The Morgan fingerprint density at radius 3 is 3.00 bits per heavy atom. The van der Waals surface area contributed by atoms with Gasteiger partial charge in [-0.3, -0.25) is 9.97 Å². The zero-order valence-corrected chi connectivity index (χ0v) is 7.77. The van der Waals surface area contributed by atoms with Crippen LogP contribution in [0.15, 0.2) is 24.5 Å². The molecule has 1 unspecified atom stereocenters. The Morgan fingerprint density at radius 2 is 2.07 bits per heavy atom. The lowest BCUT2D eigenvalue weighted by Gasteiger charge is -2.05. The quantitative estimate of drug-likeness (QED) is 0.677. The van der Waals surface area contributed by atoms with Gasteiger partial charge in [-0.1, -0.05) is 6.07 Å². The predicted molar refractivity (Wildman–Crippen MR) is 54.8 cm³/mol. The second-order valence-corrected chi connectivity index (χ2v) is 3.70. The Labute approximate surface area is 82.0 Å². The number of aromatic nitrogens is 2. The van der Waals surface area contributed by atoms with Crippen molar-refractivity contribution in [2.24, 2.45) is 5.73 Å². The Morgan fingerprint density at radius 1 is 1.21 bits per heavy atom. The van der Waals surface area contributed by atoms with Gasteiger partial charge < -0.3 is 5.73 Å². The average molecular weight is 185 g/mol. The number of aryl methyl sites for hydroxylation is 1. The van der Waals surface area contributed by atoms with E-state index >= 15 is 0 Å². The first-order valence-electron chi connectivity index (χ1n) is 4.84. The molecule has 0 saturated heterocycles. The molecule has 14 heavy (non-hydrogen) atoms. The summed E-state index contributed by atoms with van der Waals surface area (Å²) in [7, 11) is 0. The summed E-state index contributed by atoms with van der Waals surface area (Å²) in [4.78, 5) is 8.65. The smallest absolute Gasteiger partial charge is 0.0922 e. The van der Waals surface area contributed by atoms with Gasteiger partial charge in [-0.2, -0.15) is 0 Å². The van der Waals surface area contributed by atoms with Crippen LogP contribution in [0, 0.1) is 0 Å². The predicted octanol–water partition coefficient (Wildman–Crippen LogP) is 1.58. The minimum atomic E-state index is 0.191. The third-order valence-corrected chi connectivity index (χ3v) is 2.89. The minimum absolute atomic E-state index is 0.191. The molecule has 1 aromatic carbocycles. The van der Waals surface area contributed by atoms with Crippen molar-refractivity contribution < 1.29 is 0 Å². The first-order chi connectivity index (χ1) is 6.86. The number of hydrogen-bond acceptors (Lipinski definition) is 3. The van der Waals surface area contributed by atoms with Crippen molar-refractivity contribution in [1.82, 2.24) is 9.97 Å². The van der Waals surface area contributed by atoms with Gasteiger partial charge in [-0.15, -0.1) is 0 Å². The summed E-state index contributed by atoms with van der Waals surface area (Å²) in [6, 6.07) is 4.28. The topological polar surface area (TPSA) is 51.8 Å². The van der Waals surface area contributed by atoms with Crippen molar-refractivity contribution in [2.75, 3.05) is 0 Å². The van der Waals surface area contributed by atoms with Gasteiger partial charge in [0, 0.05) is 18.4 Å². The van der Waals surface area contributed by atoms with Crippen LogP contribution in [-0.2, 0) is 6.42 Å². The van der Waals surface area contributed by atoms with E-state index in [0.717, 1.165) is 23.9 Å². The summed E-state index contributed by atoms with van der Waals surface area (Å²) in [5.41, 5.74) is 10.5. The van der Waals surface area contributed by atoms with Crippen LogP contribution >= 0.6 is 0 Å². The Bertz CT molecular complexity index is 493. The van der Waals surface area contributed by atoms with Gasteiger partial charge in [-0.05, 0) is 30.0 Å². The van der Waals surface area contributed by atoms with Crippen molar-refractivity contribution in [2.45, 2.75) is 18.9 Å². The van der Waals surface area contributed by atoms with Crippen molar-refractivity contribution in [1.29, 1.82) is 0 Å². The highest BCUT2D eigenvalue weighted by Gasteiger charge is 2.21. The summed E-state index contributed by atoms with van der Waals surface area (Å²) in [5, 5.41) is 0. The summed E-state index contributed by atoms with van der Waals surface area (Å²) < 4.78 is 0. The molecule has 0 aliphatic heterocycles. The maximum Gasteiger partial charge on any atom is 0.0922 e. The molecule has 1 atom stereocenters. The molecule has 1 aromatic heterocycles. The van der Waals surface area contributed by atoms with E-state index in [1.807, 2.05) is 6.07 Å². The molecule has 0 bridgehead atoms. The molecule has 0 spiro atoms. The normalized spacial score (nSPS) is 19.9. The van der Waals surface area contributed by atoms with Gasteiger partial charge in [0.2, 0.25) is 0 Å². The van der Waals surface area contributed by atoms with E-state index in [9.17, 15) is 0 Å². The van der Waals surface area contributed by atoms with Crippen LogP contribution in [0.25, 0.3) is 11.0 Å². The minimum Gasteiger partial charge on any atom is -0.324 e. The van der Waals surface area contributed by atoms with Crippen LogP contribution in [0.5, 0.6) is 0 Å². The molecule has 2 N–H and O–H groups in total. The second-order valence-electron chi connectivity index (χ2n) is 3.70. The number of benzene rings is 1. The van der Waals surface area contributed by atoms with Crippen LogP contribution in [-0.4, -0.2) is 9.97 Å². The molecule has 1 aliphatic carbocycles. The van der Waals surface area contributed by atoms with Gasteiger partial charge >= 0.3 is 0 Å². The van der Waals surface area contributed by atoms with Crippen LogP contribution in [0.1, 0.15) is 23.6 Å². The summed E-state index contributed by atoms with van der Waals surface area (Å²) in [5.74, 6) is 0. The zero-order chi connectivity index (χ0) is 9.54. The van der Waals surface area contributed by atoms with Crippen LogP contribution in [0.3, 0.4) is 0 Å². The van der Waals surface area contributed by atoms with Gasteiger partial charge in [0.05, 0.1) is 11.0 Å². The number of fused-ring (bicyclic) bond motifs is 3. The SMILES string of the molecule is NC1CCc2c1ccc1nccnc21. The van der Waals surface area contributed by atoms with Crippen LogP contribution in [0.4, 0.5) is 0 Å². The van der Waals surface area contributed by atoms with Gasteiger partial charge in [0.25, 0.3) is 0 Å². The van der Waals surface area contributed by atoms with Crippen molar-refractivity contribution in [3.8, 4) is 0 Å². The summed E-state index contributed by atoms with van der Waals surface area (Å²) >= 11 is 0. The van der Waals surface area contributed by atoms with E-state index in [2.05, 4.69) is 16.0 Å². The Kier molecular flexibility index (Phi) is 1.55. The zero-order valence-electron chi connectivity index (χ0n) is 7.77. The van der Waals surface area contributed by atoms with E-state index in [1.54, 1.807) is 12.4 Å². The highest BCUT2D eigenvalue weighted by molar-refractivity contribution is 5.79. The van der Waals surface area contributed by atoms with E-state index in [-0.39, 0.29) is 6.04 Å². The molecule has 70 valence electrons. The fourth-order valence-electron chi connectivity index (χ4n) is 2.17. The third kappa shape index (κ3) is 0.960. The monoisotopic (exact) mass is 185 g/mol. The molecule has 1 heterocycles. The van der Waals surface area contributed by atoms with Crippen molar-refractivity contribution in [3.63, 3.8) is 0 Å². The number of nitrogens with two attached hydrogens (primary N) is 1. The maximum absolute atomic E-state index is 5.99. The summed E-state index contributed by atoms with van der Waals surface area (Å²) in [6.45, 7) is 0. The van der Waals surface area contributed by atoms with Gasteiger partial charge in [0.15, 0.2) is 0 Å². The Balaban J connectivity index is 2.38. The number of nitrogens with zero attached hydrogens (tertiary/aromatic N) is 2. The van der Waals surface area contributed by atoms with Crippen LogP contribution in [0.2, 0.25) is 0 Å². The van der Waals surface area contributed by atoms with E-state index in [1.165, 1.54) is 11.1 Å². The molecule has 3 nitrogen and oxygen atoms in total. The lowest BCUT2D eigenvalue weighted by Crippen LogP contribution is -2.05. The lowest BCUT2D eigenvalue weighted by atomic mass is 10.1. The summed E-state index contributed by atoms with van der Waals surface area (Å²) in [6.07, 6.45) is 5.54. The van der Waals surface area contributed by atoms with Gasteiger partial charge in [-0.25, -0.2) is 0 Å². The molecular weight excluding hydrogens is 174 g/mol. The first kappa shape index (κ1) is 7.88. The molecule has 0 amide bonds. The molecule has 0 saturated carbocycles. The van der Waals surface area contributed by atoms with E-state index in [0.29, 0.717) is 0 Å². The first-order valence-corrected chi connectivity index (χ1v) is 4.84. The third-order valence-electron chi connectivity index (χ3n) is 2.89.